The minimum Gasteiger partial charge on any atom is -0.409 e. The Kier molecular flexibility index (Phi) is 5.73. The highest BCUT2D eigenvalue weighted by molar-refractivity contribution is 5.80. The maximum absolute atomic E-state index is 8.37. The molecule has 0 amide bonds. The van der Waals surface area contributed by atoms with Crippen molar-refractivity contribution in [2.75, 3.05) is 0 Å². The number of rotatable bonds is 5. The largest absolute Gasteiger partial charge is 0.409 e. The van der Waals surface area contributed by atoms with Gasteiger partial charge in [-0.3, -0.25) is 0 Å². The molecule has 2 atom stereocenters. The van der Waals surface area contributed by atoms with Crippen molar-refractivity contribution in [3.63, 3.8) is 0 Å². The third-order valence-corrected chi connectivity index (χ3v) is 1.81. The number of nitrogens with two attached hydrogens (primary N) is 1. The number of amidine groups is 1. The van der Waals surface area contributed by atoms with Crippen LogP contribution in [0.5, 0.6) is 0 Å². The van der Waals surface area contributed by atoms with Gasteiger partial charge in [0.15, 0.2) is 0 Å². The third kappa shape index (κ3) is 5.10. The second-order valence-corrected chi connectivity index (χ2v) is 2.96. The van der Waals surface area contributed by atoms with Gasteiger partial charge in [0.05, 0.1) is 6.04 Å². The van der Waals surface area contributed by atoms with Crippen LogP contribution in [0, 0.1) is 12.3 Å². The molecule has 0 fully saturated rings. The number of nitrogens with one attached hydrogen (secondary N) is 1. The Morgan fingerprint density at radius 1 is 1.77 bits per heavy atom. The fourth-order valence-electron chi connectivity index (χ4n) is 1.02. The molecular weight excluding hydrogens is 166 g/mol. The zero-order valence-electron chi connectivity index (χ0n) is 8.12. The van der Waals surface area contributed by atoms with Gasteiger partial charge in [-0.1, -0.05) is 18.0 Å². The molecule has 2 unspecified atom stereocenters. The van der Waals surface area contributed by atoms with Gasteiger partial charge >= 0.3 is 0 Å². The third-order valence-electron chi connectivity index (χ3n) is 1.81. The Morgan fingerprint density at radius 2 is 2.38 bits per heavy atom. The molecule has 0 bridgehead atoms. The van der Waals surface area contributed by atoms with E-state index < -0.39 is 0 Å². The van der Waals surface area contributed by atoms with Gasteiger partial charge < -0.3 is 16.3 Å². The van der Waals surface area contributed by atoms with E-state index in [1.807, 2.05) is 13.8 Å². The number of nitrogens with zero attached hydrogens (tertiary/aromatic N) is 1. The van der Waals surface area contributed by atoms with Gasteiger partial charge in [-0.2, -0.15) is 0 Å². The lowest BCUT2D eigenvalue weighted by Gasteiger charge is -2.18. The van der Waals surface area contributed by atoms with Crippen LogP contribution in [0.25, 0.3) is 0 Å². The first-order valence-electron chi connectivity index (χ1n) is 4.32. The molecule has 4 N–H and O–H groups in total. The Labute approximate surface area is 79.2 Å². The maximum atomic E-state index is 8.37. The molecule has 0 heterocycles. The van der Waals surface area contributed by atoms with Crippen molar-refractivity contribution < 1.29 is 5.21 Å². The summed E-state index contributed by atoms with van der Waals surface area (Å²) >= 11 is 0. The molecule has 0 saturated carbocycles. The van der Waals surface area contributed by atoms with Gasteiger partial charge in [-0.15, -0.1) is 6.42 Å². The highest BCUT2D eigenvalue weighted by atomic mass is 16.4. The van der Waals surface area contributed by atoms with E-state index in [0.29, 0.717) is 6.42 Å². The summed E-state index contributed by atoms with van der Waals surface area (Å²) in [5, 5.41) is 14.5. The molecule has 0 spiro atoms. The van der Waals surface area contributed by atoms with Crippen molar-refractivity contribution in [1.29, 1.82) is 0 Å². The SMILES string of the molecule is C#CC(C)NC(CC)CC(N)=NO. The first kappa shape index (κ1) is 11.8. The molecule has 0 aliphatic heterocycles. The number of hydrogen-bond donors (Lipinski definition) is 3. The number of oxime groups is 1. The van der Waals surface area contributed by atoms with E-state index >= 15 is 0 Å². The summed E-state index contributed by atoms with van der Waals surface area (Å²) in [7, 11) is 0. The smallest absolute Gasteiger partial charge is 0.140 e. The molecule has 13 heavy (non-hydrogen) atoms. The van der Waals surface area contributed by atoms with E-state index in [0.717, 1.165) is 6.42 Å². The molecular formula is C9H17N3O. The minimum atomic E-state index is 0.0106. The zero-order chi connectivity index (χ0) is 10.3. The standard InChI is InChI=1S/C9H17N3O/c1-4-7(3)11-8(5-2)6-9(10)12-13/h1,7-8,11,13H,5-6H2,2-3H3,(H2,10,12). The molecule has 0 aromatic carbocycles. The summed E-state index contributed by atoms with van der Waals surface area (Å²) in [5.74, 6) is 2.79. The predicted octanol–water partition coefficient (Wildman–Crippen LogP) is 0.513. The first-order valence-corrected chi connectivity index (χ1v) is 4.32. The molecule has 74 valence electrons. The molecule has 0 aliphatic rings. The van der Waals surface area contributed by atoms with Gasteiger partial charge in [0, 0.05) is 12.5 Å². The average Bonchev–Trinajstić information content (AvgIpc) is 2.16. The van der Waals surface area contributed by atoms with E-state index in [4.69, 9.17) is 17.4 Å². The summed E-state index contributed by atoms with van der Waals surface area (Å²) < 4.78 is 0. The van der Waals surface area contributed by atoms with Crippen molar-refractivity contribution >= 4 is 5.84 Å². The van der Waals surface area contributed by atoms with E-state index in [1.165, 1.54) is 0 Å². The van der Waals surface area contributed by atoms with Crippen LogP contribution in [-0.2, 0) is 0 Å². The van der Waals surface area contributed by atoms with Crippen LogP contribution in [0.15, 0.2) is 5.16 Å². The van der Waals surface area contributed by atoms with Crippen LogP contribution in [0.2, 0.25) is 0 Å². The van der Waals surface area contributed by atoms with Crippen LogP contribution in [0.1, 0.15) is 26.7 Å². The van der Waals surface area contributed by atoms with Crippen molar-refractivity contribution in [1.82, 2.24) is 5.32 Å². The Morgan fingerprint density at radius 3 is 2.77 bits per heavy atom. The molecule has 4 nitrogen and oxygen atoms in total. The second kappa shape index (κ2) is 6.32. The topological polar surface area (TPSA) is 70.6 Å². The summed E-state index contributed by atoms with van der Waals surface area (Å²) in [4.78, 5) is 0. The van der Waals surface area contributed by atoms with Crippen LogP contribution in [0.3, 0.4) is 0 Å². The first-order chi connectivity index (χ1) is 6.13. The molecule has 0 aromatic heterocycles. The summed E-state index contributed by atoms with van der Waals surface area (Å²) in [6, 6.07) is 0.179. The zero-order valence-corrected chi connectivity index (χ0v) is 8.12. The molecule has 0 rings (SSSR count). The van der Waals surface area contributed by atoms with Crippen LogP contribution in [0.4, 0.5) is 0 Å². The van der Waals surface area contributed by atoms with Gasteiger partial charge in [0.25, 0.3) is 0 Å². The fourth-order valence-corrected chi connectivity index (χ4v) is 1.02. The van der Waals surface area contributed by atoms with Gasteiger partial charge in [-0.25, -0.2) is 0 Å². The quantitative estimate of drug-likeness (QED) is 0.191. The average molecular weight is 183 g/mol. The molecule has 4 heteroatoms. The van der Waals surface area contributed by atoms with Gasteiger partial charge in [0.2, 0.25) is 0 Å². The minimum absolute atomic E-state index is 0.0106. The van der Waals surface area contributed by atoms with Crippen LogP contribution in [-0.4, -0.2) is 23.1 Å². The fraction of sp³-hybridized carbons (Fsp3) is 0.667. The Hall–Kier alpha value is -1.21. The predicted molar refractivity (Wildman–Crippen MR) is 53.5 cm³/mol. The lowest BCUT2D eigenvalue weighted by atomic mass is 10.1. The second-order valence-electron chi connectivity index (χ2n) is 2.96. The van der Waals surface area contributed by atoms with E-state index in [2.05, 4.69) is 16.4 Å². The molecule has 0 aliphatic carbocycles. The Balaban J connectivity index is 3.98. The summed E-state index contributed by atoms with van der Waals surface area (Å²) in [5.41, 5.74) is 5.37. The van der Waals surface area contributed by atoms with E-state index in [9.17, 15) is 0 Å². The van der Waals surface area contributed by atoms with Gasteiger partial charge in [-0.05, 0) is 13.3 Å². The van der Waals surface area contributed by atoms with Crippen molar-refractivity contribution in [2.24, 2.45) is 10.9 Å². The lowest BCUT2D eigenvalue weighted by Crippen LogP contribution is -2.38. The lowest BCUT2D eigenvalue weighted by molar-refractivity contribution is 0.315. The van der Waals surface area contributed by atoms with Crippen molar-refractivity contribution in [2.45, 2.75) is 38.8 Å². The summed E-state index contributed by atoms with van der Waals surface area (Å²) in [6.07, 6.45) is 6.62. The monoisotopic (exact) mass is 183 g/mol. The van der Waals surface area contributed by atoms with Crippen LogP contribution >= 0.6 is 0 Å². The van der Waals surface area contributed by atoms with E-state index in [1.54, 1.807) is 0 Å². The number of hydrogen-bond acceptors (Lipinski definition) is 3. The van der Waals surface area contributed by atoms with E-state index in [-0.39, 0.29) is 17.9 Å². The molecule has 0 saturated heterocycles. The number of terminal acetylenes is 1. The Bertz CT molecular complexity index is 207. The van der Waals surface area contributed by atoms with Gasteiger partial charge in [0.1, 0.15) is 5.84 Å². The summed E-state index contributed by atoms with van der Waals surface area (Å²) in [6.45, 7) is 3.92. The normalized spacial score (nSPS) is 16.2. The molecule has 0 aromatic rings. The highest BCUT2D eigenvalue weighted by Crippen LogP contribution is 1.98. The van der Waals surface area contributed by atoms with Crippen molar-refractivity contribution in [3.05, 3.63) is 0 Å². The van der Waals surface area contributed by atoms with Crippen LogP contribution < -0.4 is 11.1 Å². The highest BCUT2D eigenvalue weighted by Gasteiger charge is 2.10. The maximum Gasteiger partial charge on any atom is 0.140 e. The van der Waals surface area contributed by atoms with Crippen molar-refractivity contribution in [3.8, 4) is 12.3 Å². The molecule has 0 radical (unpaired) electrons.